The van der Waals surface area contributed by atoms with Crippen LogP contribution in [-0.4, -0.2) is 12.6 Å². The summed E-state index contributed by atoms with van der Waals surface area (Å²) in [6, 6.07) is 4.79. The van der Waals surface area contributed by atoms with Crippen LogP contribution in [0.2, 0.25) is 0 Å². The topological polar surface area (TPSA) is 25.2 Å². The molecule has 20 heavy (non-hydrogen) atoms. The van der Waals surface area contributed by atoms with Gasteiger partial charge in [0.2, 0.25) is 0 Å². The van der Waals surface area contributed by atoms with Gasteiger partial charge >= 0.3 is 0 Å². The van der Waals surface area contributed by atoms with Crippen molar-refractivity contribution in [3.05, 3.63) is 24.2 Å². The lowest BCUT2D eigenvalue weighted by Crippen LogP contribution is -2.56. The molecule has 1 heterocycles. The molecule has 4 aliphatic rings. The van der Waals surface area contributed by atoms with Gasteiger partial charge in [0, 0.05) is 12.5 Å². The minimum Gasteiger partial charge on any atom is -0.469 e. The molecule has 0 aromatic carbocycles. The molecular weight excluding hydrogens is 246 g/mol. The van der Waals surface area contributed by atoms with Crippen molar-refractivity contribution in [3.63, 3.8) is 0 Å². The third-order valence-electron chi connectivity index (χ3n) is 6.26. The zero-order valence-electron chi connectivity index (χ0n) is 12.6. The van der Waals surface area contributed by atoms with Crippen molar-refractivity contribution in [3.8, 4) is 0 Å². The summed E-state index contributed by atoms with van der Waals surface area (Å²) < 4.78 is 5.63. The van der Waals surface area contributed by atoms with Gasteiger partial charge in [-0.05, 0) is 80.4 Å². The standard InChI is InChI=1S/C18H27NO/c1-2-19-17(9-16-4-3-5-20-16)18-10-13-6-14(11-18)8-15(7-13)12-18/h3-5,13-15,17,19H,2,6-12H2,1H3. The molecule has 0 saturated heterocycles. The summed E-state index contributed by atoms with van der Waals surface area (Å²) in [6.07, 6.45) is 11.9. The summed E-state index contributed by atoms with van der Waals surface area (Å²) in [6.45, 7) is 3.32. The second kappa shape index (κ2) is 4.91. The van der Waals surface area contributed by atoms with Crippen LogP contribution in [-0.2, 0) is 6.42 Å². The number of likely N-dealkylation sites (N-methyl/N-ethyl adjacent to an activating group) is 1. The molecule has 0 amide bonds. The first kappa shape index (κ1) is 12.9. The maximum Gasteiger partial charge on any atom is 0.105 e. The molecule has 1 aromatic heterocycles. The van der Waals surface area contributed by atoms with Crippen molar-refractivity contribution in [2.45, 2.75) is 57.9 Å². The van der Waals surface area contributed by atoms with E-state index in [0.29, 0.717) is 11.5 Å². The number of furan rings is 1. The number of rotatable bonds is 5. The molecule has 2 heteroatoms. The molecule has 4 bridgehead atoms. The maximum absolute atomic E-state index is 5.63. The molecule has 4 fully saturated rings. The van der Waals surface area contributed by atoms with Gasteiger partial charge in [-0.3, -0.25) is 0 Å². The van der Waals surface area contributed by atoms with E-state index in [1.807, 2.05) is 12.3 Å². The molecule has 1 N–H and O–H groups in total. The van der Waals surface area contributed by atoms with E-state index in [4.69, 9.17) is 4.42 Å². The van der Waals surface area contributed by atoms with E-state index in [1.165, 1.54) is 38.5 Å². The first-order valence-corrected chi connectivity index (χ1v) is 8.53. The van der Waals surface area contributed by atoms with Gasteiger partial charge < -0.3 is 9.73 Å². The van der Waals surface area contributed by atoms with Crippen molar-refractivity contribution in [1.29, 1.82) is 0 Å². The predicted octanol–water partition coefficient (Wildman–Crippen LogP) is 4.02. The van der Waals surface area contributed by atoms with Crippen LogP contribution in [0, 0.1) is 23.2 Å². The molecule has 4 saturated carbocycles. The molecule has 4 aliphatic carbocycles. The lowest BCUT2D eigenvalue weighted by Gasteiger charge is -2.59. The van der Waals surface area contributed by atoms with Gasteiger partial charge in [0.15, 0.2) is 0 Å². The molecule has 110 valence electrons. The van der Waals surface area contributed by atoms with Crippen LogP contribution in [0.25, 0.3) is 0 Å². The quantitative estimate of drug-likeness (QED) is 0.876. The molecule has 0 radical (unpaired) electrons. The average Bonchev–Trinajstić information content (AvgIpc) is 2.89. The fraction of sp³-hybridized carbons (Fsp3) is 0.778. The average molecular weight is 273 g/mol. The summed E-state index contributed by atoms with van der Waals surface area (Å²) in [4.78, 5) is 0. The van der Waals surface area contributed by atoms with Crippen molar-refractivity contribution in [2.75, 3.05) is 6.54 Å². The van der Waals surface area contributed by atoms with Gasteiger partial charge in [-0.1, -0.05) is 6.92 Å². The van der Waals surface area contributed by atoms with Crippen molar-refractivity contribution in [1.82, 2.24) is 5.32 Å². The highest BCUT2D eigenvalue weighted by molar-refractivity contribution is 5.10. The zero-order valence-corrected chi connectivity index (χ0v) is 12.6. The third kappa shape index (κ3) is 2.13. The molecular formula is C18H27NO. The van der Waals surface area contributed by atoms with E-state index in [0.717, 1.165) is 36.5 Å². The molecule has 1 aromatic rings. The fourth-order valence-corrected chi connectivity index (χ4v) is 5.99. The van der Waals surface area contributed by atoms with Crippen LogP contribution < -0.4 is 5.32 Å². The fourth-order valence-electron chi connectivity index (χ4n) is 5.99. The summed E-state index contributed by atoms with van der Waals surface area (Å²) in [5, 5.41) is 3.82. The van der Waals surface area contributed by atoms with Gasteiger partial charge in [0.1, 0.15) is 5.76 Å². The van der Waals surface area contributed by atoms with Gasteiger partial charge in [-0.2, -0.15) is 0 Å². The van der Waals surface area contributed by atoms with Gasteiger partial charge in [-0.25, -0.2) is 0 Å². The Balaban J connectivity index is 1.58. The second-order valence-corrected chi connectivity index (χ2v) is 7.67. The first-order valence-electron chi connectivity index (χ1n) is 8.53. The molecule has 2 nitrogen and oxygen atoms in total. The minimum absolute atomic E-state index is 0.567. The SMILES string of the molecule is CCNC(Cc1ccco1)C12CC3CC(CC(C3)C1)C2. The van der Waals surface area contributed by atoms with Crippen LogP contribution in [0.15, 0.2) is 22.8 Å². The van der Waals surface area contributed by atoms with Crippen LogP contribution >= 0.6 is 0 Å². The first-order chi connectivity index (χ1) is 9.77. The van der Waals surface area contributed by atoms with E-state index in [9.17, 15) is 0 Å². The summed E-state index contributed by atoms with van der Waals surface area (Å²) in [7, 11) is 0. The van der Waals surface area contributed by atoms with E-state index >= 15 is 0 Å². The molecule has 1 unspecified atom stereocenters. The van der Waals surface area contributed by atoms with Gasteiger partial charge in [-0.15, -0.1) is 0 Å². The molecule has 0 spiro atoms. The maximum atomic E-state index is 5.63. The highest BCUT2D eigenvalue weighted by atomic mass is 16.3. The van der Waals surface area contributed by atoms with Gasteiger partial charge in [0.25, 0.3) is 0 Å². The Kier molecular flexibility index (Phi) is 3.17. The second-order valence-electron chi connectivity index (χ2n) is 7.67. The third-order valence-corrected chi connectivity index (χ3v) is 6.26. The zero-order chi connectivity index (χ0) is 13.6. The van der Waals surface area contributed by atoms with E-state index in [2.05, 4.69) is 18.3 Å². The number of nitrogens with one attached hydrogen (secondary N) is 1. The molecule has 5 rings (SSSR count). The van der Waals surface area contributed by atoms with Gasteiger partial charge in [0.05, 0.1) is 6.26 Å². The highest BCUT2D eigenvalue weighted by Gasteiger charge is 2.53. The summed E-state index contributed by atoms with van der Waals surface area (Å²) >= 11 is 0. The molecule has 0 aliphatic heterocycles. The Morgan fingerprint density at radius 3 is 2.35 bits per heavy atom. The lowest BCUT2D eigenvalue weighted by molar-refractivity contribution is -0.0741. The Hall–Kier alpha value is -0.760. The number of hydrogen-bond acceptors (Lipinski definition) is 2. The van der Waals surface area contributed by atoms with E-state index in [1.54, 1.807) is 0 Å². The summed E-state index contributed by atoms with van der Waals surface area (Å²) in [5.74, 6) is 4.24. The normalized spacial score (nSPS) is 40.1. The van der Waals surface area contributed by atoms with E-state index in [-0.39, 0.29) is 0 Å². The van der Waals surface area contributed by atoms with Crippen molar-refractivity contribution >= 4 is 0 Å². The van der Waals surface area contributed by atoms with Crippen LogP contribution in [0.3, 0.4) is 0 Å². The predicted molar refractivity (Wildman–Crippen MR) is 80.5 cm³/mol. The summed E-state index contributed by atoms with van der Waals surface area (Å²) in [5.41, 5.74) is 0.567. The Morgan fingerprint density at radius 1 is 1.20 bits per heavy atom. The van der Waals surface area contributed by atoms with Crippen LogP contribution in [0.4, 0.5) is 0 Å². The molecule has 1 atom stereocenters. The smallest absolute Gasteiger partial charge is 0.105 e. The Morgan fingerprint density at radius 2 is 1.85 bits per heavy atom. The van der Waals surface area contributed by atoms with Crippen molar-refractivity contribution < 1.29 is 4.42 Å². The Labute approximate surface area is 122 Å². The minimum atomic E-state index is 0.567. The lowest BCUT2D eigenvalue weighted by atomic mass is 9.47. The highest BCUT2D eigenvalue weighted by Crippen LogP contribution is 2.61. The monoisotopic (exact) mass is 273 g/mol. The Bertz CT molecular complexity index is 415. The number of hydrogen-bond donors (Lipinski definition) is 1. The van der Waals surface area contributed by atoms with E-state index < -0.39 is 0 Å². The van der Waals surface area contributed by atoms with Crippen LogP contribution in [0.1, 0.15) is 51.2 Å². The van der Waals surface area contributed by atoms with Crippen molar-refractivity contribution in [2.24, 2.45) is 23.2 Å². The van der Waals surface area contributed by atoms with Crippen LogP contribution in [0.5, 0.6) is 0 Å². The largest absolute Gasteiger partial charge is 0.469 e.